The highest BCUT2D eigenvalue weighted by Gasteiger charge is 2.24. The van der Waals surface area contributed by atoms with Crippen LogP contribution in [0.4, 0.5) is 4.79 Å². The number of carboxylic acid groups (broad SMARTS) is 1. The molecular weight excluding hydrogens is 244 g/mol. The van der Waals surface area contributed by atoms with E-state index >= 15 is 0 Å². The van der Waals surface area contributed by atoms with Crippen LogP contribution >= 0.6 is 0 Å². The molecule has 2 amide bonds. The lowest BCUT2D eigenvalue weighted by Gasteiger charge is -2.32. The lowest BCUT2D eigenvalue weighted by molar-refractivity contribution is -0.138. The monoisotopic (exact) mass is 266 g/mol. The molecular formula is C14H22N2O3. The van der Waals surface area contributed by atoms with Gasteiger partial charge in [-0.1, -0.05) is 0 Å². The minimum atomic E-state index is -0.790. The number of nitrogens with one attached hydrogen (secondary N) is 1. The highest BCUT2D eigenvalue weighted by molar-refractivity contribution is 5.74. The van der Waals surface area contributed by atoms with Gasteiger partial charge in [0, 0.05) is 32.5 Å². The fraction of sp³-hybridized carbons (Fsp3) is 0.714. The van der Waals surface area contributed by atoms with Crippen LogP contribution in [0.15, 0.2) is 0 Å². The second-order valence-electron chi connectivity index (χ2n) is 4.95. The number of unbranched alkanes of at least 4 members (excludes halogenated alkanes) is 2. The van der Waals surface area contributed by atoms with Crippen molar-refractivity contribution in [1.29, 1.82) is 0 Å². The van der Waals surface area contributed by atoms with Gasteiger partial charge in [0.1, 0.15) is 0 Å². The summed E-state index contributed by atoms with van der Waals surface area (Å²) in [5.74, 6) is 1.86. The molecule has 1 heterocycles. The van der Waals surface area contributed by atoms with Crippen LogP contribution < -0.4 is 5.32 Å². The molecule has 0 bridgehead atoms. The van der Waals surface area contributed by atoms with E-state index in [-0.39, 0.29) is 18.4 Å². The van der Waals surface area contributed by atoms with Gasteiger partial charge in [-0.3, -0.25) is 4.79 Å². The number of hydrogen-bond donors (Lipinski definition) is 2. The summed E-state index contributed by atoms with van der Waals surface area (Å²) in [6.45, 7) is 1.88. The van der Waals surface area contributed by atoms with Crippen LogP contribution in [0.5, 0.6) is 0 Å². The van der Waals surface area contributed by atoms with Crippen molar-refractivity contribution in [3.05, 3.63) is 0 Å². The molecule has 106 valence electrons. The molecule has 1 saturated heterocycles. The topological polar surface area (TPSA) is 69.6 Å². The summed E-state index contributed by atoms with van der Waals surface area (Å²) in [6.07, 6.45) is 9.59. The first-order valence-electron chi connectivity index (χ1n) is 6.81. The molecule has 0 aromatic heterocycles. The predicted molar refractivity (Wildman–Crippen MR) is 72.6 cm³/mol. The first-order chi connectivity index (χ1) is 9.13. The summed E-state index contributed by atoms with van der Waals surface area (Å²) >= 11 is 0. The van der Waals surface area contributed by atoms with Crippen molar-refractivity contribution in [3.63, 3.8) is 0 Å². The number of piperidine rings is 1. The van der Waals surface area contributed by atoms with Crippen molar-refractivity contribution in [2.45, 2.75) is 38.5 Å². The van der Waals surface area contributed by atoms with E-state index < -0.39 is 5.97 Å². The minimum Gasteiger partial charge on any atom is -0.481 e. The second-order valence-corrected chi connectivity index (χ2v) is 4.95. The molecule has 0 aromatic carbocycles. The van der Waals surface area contributed by atoms with Crippen LogP contribution in [0, 0.1) is 18.3 Å². The SMILES string of the molecule is C#CCCCCNC(=O)N1CCCC(CC(=O)O)C1. The van der Waals surface area contributed by atoms with Gasteiger partial charge in [0.15, 0.2) is 0 Å². The molecule has 2 N–H and O–H groups in total. The van der Waals surface area contributed by atoms with Crippen LogP contribution in [0.2, 0.25) is 0 Å². The third-order valence-corrected chi connectivity index (χ3v) is 3.29. The molecule has 5 nitrogen and oxygen atoms in total. The van der Waals surface area contributed by atoms with Crippen molar-refractivity contribution in [2.24, 2.45) is 5.92 Å². The van der Waals surface area contributed by atoms with Gasteiger partial charge in [-0.15, -0.1) is 12.3 Å². The Morgan fingerprint density at radius 2 is 2.21 bits per heavy atom. The Morgan fingerprint density at radius 1 is 1.42 bits per heavy atom. The largest absolute Gasteiger partial charge is 0.481 e. The van der Waals surface area contributed by atoms with E-state index in [9.17, 15) is 9.59 Å². The first-order valence-corrected chi connectivity index (χ1v) is 6.81. The van der Waals surface area contributed by atoms with Crippen LogP contribution in [0.3, 0.4) is 0 Å². The van der Waals surface area contributed by atoms with E-state index in [1.165, 1.54) is 0 Å². The zero-order valence-corrected chi connectivity index (χ0v) is 11.2. The summed E-state index contributed by atoms with van der Waals surface area (Å²) in [4.78, 5) is 24.3. The number of hydrogen-bond acceptors (Lipinski definition) is 2. The van der Waals surface area contributed by atoms with Gasteiger partial charge in [-0.05, 0) is 31.6 Å². The molecule has 0 saturated carbocycles. The zero-order chi connectivity index (χ0) is 14.1. The van der Waals surface area contributed by atoms with Gasteiger partial charge in [-0.25, -0.2) is 4.79 Å². The number of terminal acetylenes is 1. The predicted octanol–water partition coefficient (Wildman–Crippen LogP) is 1.69. The fourth-order valence-corrected chi connectivity index (χ4v) is 2.32. The number of carboxylic acids is 1. The highest BCUT2D eigenvalue weighted by Crippen LogP contribution is 2.19. The maximum atomic E-state index is 11.9. The summed E-state index contributed by atoms with van der Waals surface area (Å²) < 4.78 is 0. The number of carbonyl (C=O) groups excluding carboxylic acids is 1. The van der Waals surface area contributed by atoms with Crippen molar-refractivity contribution >= 4 is 12.0 Å². The standard InChI is InChI=1S/C14H22N2O3/c1-2-3-4-5-8-15-14(19)16-9-6-7-12(11-16)10-13(17)18/h1,12H,3-11H2,(H,15,19)(H,17,18). The Bertz CT molecular complexity index is 349. The molecule has 0 radical (unpaired) electrons. The summed E-state index contributed by atoms with van der Waals surface area (Å²) in [6, 6.07) is -0.0872. The number of carbonyl (C=O) groups is 2. The maximum Gasteiger partial charge on any atom is 0.317 e. The summed E-state index contributed by atoms with van der Waals surface area (Å²) in [5.41, 5.74) is 0. The number of likely N-dealkylation sites (tertiary alicyclic amines) is 1. The third kappa shape index (κ3) is 6.14. The Kier molecular flexibility index (Phi) is 6.80. The van der Waals surface area contributed by atoms with E-state index in [4.69, 9.17) is 11.5 Å². The normalized spacial score (nSPS) is 18.7. The van der Waals surface area contributed by atoms with E-state index in [0.29, 0.717) is 19.6 Å². The molecule has 0 aliphatic carbocycles. The van der Waals surface area contributed by atoms with Gasteiger partial charge < -0.3 is 15.3 Å². The Morgan fingerprint density at radius 3 is 2.89 bits per heavy atom. The van der Waals surface area contributed by atoms with Crippen molar-refractivity contribution in [1.82, 2.24) is 10.2 Å². The van der Waals surface area contributed by atoms with E-state index in [0.717, 1.165) is 32.1 Å². The van der Waals surface area contributed by atoms with Crippen LogP contribution in [-0.4, -0.2) is 41.6 Å². The number of nitrogens with zero attached hydrogens (tertiary/aromatic N) is 1. The van der Waals surface area contributed by atoms with Gasteiger partial charge in [0.2, 0.25) is 0 Å². The molecule has 0 aromatic rings. The maximum absolute atomic E-state index is 11.9. The van der Waals surface area contributed by atoms with Crippen molar-refractivity contribution in [2.75, 3.05) is 19.6 Å². The number of aliphatic carboxylic acids is 1. The van der Waals surface area contributed by atoms with Crippen LogP contribution in [0.25, 0.3) is 0 Å². The Labute approximate surface area is 114 Å². The molecule has 5 heteroatoms. The van der Waals surface area contributed by atoms with Gasteiger partial charge in [-0.2, -0.15) is 0 Å². The van der Waals surface area contributed by atoms with E-state index in [1.807, 2.05) is 0 Å². The highest BCUT2D eigenvalue weighted by atomic mass is 16.4. The smallest absolute Gasteiger partial charge is 0.317 e. The number of urea groups is 1. The Hall–Kier alpha value is -1.70. The molecule has 1 atom stereocenters. The molecule has 1 rings (SSSR count). The van der Waals surface area contributed by atoms with Gasteiger partial charge in [0.25, 0.3) is 0 Å². The van der Waals surface area contributed by atoms with E-state index in [2.05, 4.69) is 11.2 Å². The zero-order valence-electron chi connectivity index (χ0n) is 11.2. The molecule has 0 spiro atoms. The quantitative estimate of drug-likeness (QED) is 0.567. The molecule has 1 unspecified atom stereocenters. The van der Waals surface area contributed by atoms with Crippen LogP contribution in [0.1, 0.15) is 38.5 Å². The molecule has 1 aliphatic heterocycles. The number of amides is 2. The lowest BCUT2D eigenvalue weighted by atomic mass is 9.95. The van der Waals surface area contributed by atoms with Gasteiger partial charge >= 0.3 is 12.0 Å². The van der Waals surface area contributed by atoms with Crippen LogP contribution in [-0.2, 0) is 4.79 Å². The average molecular weight is 266 g/mol. The average Bonchev–Trinajstić information content (AvgIpc) is 2.38. The summed E-state index contributed by atoms with van der Waals surface area (Å²) in [7, 11) is 0. The molecule has 1 fully saturated rings. The number of rotatable bonds is 6. The third-order valence-electron chi connectivity index (χ3n) is 3.29. The van der Waals surface area contributed by atoms with Gasteiger partial charge in [0.05, 0.1) is 0 Å². The van der Waals surface area contributed by atoms with Crippen molar-refractivity contribution < 1.29 is 14.7 Å². The lowest BCUT2D eigenvalue weighted by Crippen LogP contribution is -2.46. The molecule has 19 heavy (non-hydrogen) atoms. The fourth-order valence-electron chi connectivity index (χ4n) is 2.32. The summed E-state index contributed by atoms with van der Waals surface area (Å²) in [5, 5.41) is 11.6. The molecule has 1 aliphatic rings. The minimum absolute atomic E-state index is 0.0819. The first kappa shape index (κ1) is 15.4. The van der Waals surface area contributed by atoms with E-state index in [1.54, 1.807) is 4.90 Å². The van der Waals surface area contributed by atoms with Crippen molar-refractivity contribution in [3.8, 4) is 12.3 Å². The second kappa shape index (κ2) is 8.41. The Balaban J connectivity index is 2.24.